The molecular formula is C13H12N2O3. The van der Waals surface area contributed by atoms with Gasteiger partial charge in [0, 0.05) is 11.6 Å². The molecule has 1 heterocycles. The molecule has 1 aromatic carbocycles. The molecule has 0 saturated carbocycles. The summed E-state index contributed by atoms with van der Waals surface area (Å²) >= 11 is 0. The Morgan fingerprint density at radius 1 is 1.28 bits per heavy atom. The first kappa shape index (κ1) is 12.0. The van der Waals surface area contributed by atoms with Gasteiger partial charge in [-0.2, -0.15) is 0 Å². The third-order valence-corrected chi connectivity index (χ3v) is 2.51. The van der Waals surface area contributed by atoms with Crippen LogP contribution in [-0.4, -0.2) is 30.5 Å². The van der Waals surface area contributed by atoms with E-state index in [1.54, 1.807) is 6.20 Å². The topological polar surface area (TPSA) is 68.3 Å². The van der Waals surface area contributed by atoms with Crippen LogP contribution in [-0.2, 0) is 9.53 Å². The van der Waals surface area contributed by atoms with E-state index in [9.17, 15) is 9.59 Å². The number of hydrogen-bond acceptors (Lipinski definition) is 4. The number of nitrogens with one attached hydrogen (secondary N) is 1. The number of esters is 1. The summed E-state index contributed by atoms with van der Waals surface area (Å²) in [4.78, 5) is 26.9. The van der Waals surface area contributed by atoms with Crippen molar-refractivity contribution in [2.24, 2.45) is 0 Å². The highest BCUT2D eigenvalue weighted by atomic mass is 16.5. The van der Waals surface area contributed by atoms with Crippen molar-refractivity contribution in [3.05, 3.63) is 42.2 Å². The van der Waals surface area contributed by atoms with Crippen LogP contribution >= 0.6 is 0 Å². The molecule has 92 valence electrons. The van der Waals surface area contributed by atoms with Crippen LogP contribution in [0.15, 0.2) is 36.5 Å². The Labute approximate surface area is 104 Å². The Balaban J connectivity index is 2.25. The first-order chi connectivity index (χ1) is 8.72. The van der Waals surface area contributed by atoms with Gasteiger partial charge in [-0.1, -0.05) is 24.3 Å². The van der Waals surface area contributed by atoms with Crippen molar-refractivity contribution in [3.63, 3.8) is 0 Å². The molecule has 0 aliphatic heterocycles. The summed E-state index contributed by atoms with van der Waals surface area (Å²) in [5.74, 6) is -0.888. The van der Waals surface area contributed by atoms with Gasteiger partial charge in [0.05, 0.1) is 7.11 Å². The van der Waals surface area contributed by atoms with Gasteiger partial charge in [-0.15, -0.1) is 0 Å². The Hall–Kier alpha value is -2.43. The van der Waals surface area contributed by atoms with Gasteiger partial charge in [-0.3, -0.25) is 14.6 Å². The van der Waals surface area contributed by atoms with Crippen LogP contribution in [0.25, 0.3) is 10.8 Å². The van der Waals surface area contributed by atoms with Crippen LogP contribution in [0, 0.1) is 0 Å². The first-order valence-corrected chi connectivity index (χ1v) is 5.41. The van der Waals surface area contributed by atoms with Gasteiger partial charge in [0.1, 0.15) is 12.2 Å². The number of carbonyl (C=O) groups excluding carboxylic acids is 2. The fourth-order valence-electron chi connectivity index (χ4n) is 1.61. The number of rotatable bonds is 3. The summed E-state index contributed by atoms with van der Waals surface area (Å²) in [6, 6.07) is 9.26. The molecule has 0 aliphatic rings. The number of ether oxygens (including phenoxy) is 1. The van der Waals surface area contributed by atoms with Gasteiger partial charge in [0.2, 0.25) is 0 Å². The van der Waals surface area contributed by atoms with Crippen LogP contribution < -0.4 is 5.32 Å². The van der Waals surface area contributed by atoms with E-state index in [0.717, 1.165) is 10.8 Å². The second kappa shape index (κ2) is 5.27. The second-order valence-electron chi connectivity index (χ2n) is 3.64. The Morgan fingerprint density at radius 2 is 2.06 bits per heavy atom. The predicted octanol–water partition coefficient (Wildman–Crippen LogP) is 1.14. The molecule has 1 amide bonds. The van der Waals surface area contributed by atoms with Crippen molar-refractivity contribution in [3.8, 4) is 0 Å². The molecule has 2 aromatic rings. The molecule has 0 radical (unpaired) electrons. The lowest BCUT2D eigenvalue weighted by atomic mass is 10.1. The van der Waals surface area contributed by atoms with Gasteiger partial charge >= 0.3 is 5.97 Å². The molecule has 5 heteroatoms. The Bertz CT molecular complexity index is 590. The summed E-state index contributed by atoms with van der Waals surface area (Å²) in [7, 11) is 1.27. The number of benzene rings is 1. The van der Waals surface area contributed by atoms with Crippen molar-refractivity contribution < 1.29 is 14.3 Å². The maximum Gasteiger partial charge on any atom is 0.325 e. The molecule has 18 heavy (non-hydrogen) atoms. The highest BCUT2D eigenvalue weighted by molar-refractivity contribution is 6.05. The summed E-state index contributed by atoms with van der Waals surface area (Å²) in [6.07, 6.45) is 1.56. The van der Waals surface area contributed by atoms with Crippen LogP contribution in [0.1, 0.15) is 10.5 Å². The van der Waals surface area contributed by atoms with Crippen molar-refractivity contribution in [2.45, 2.75) is 0 Å². The lowest BCUT2D eigenvalue weighted by Gasteiger charge is -2.06. The first-order valence-electron chi connectivity index (χ1n) is 5.41. The minimum Gasteiger partial charge on any atom is -0.468 e. The number of pyridine rings is 1. The van der Waals surface area contributed by atoms with E-state index in [2.05, 4.69) is 15.0 Å². The third kappa shape index (κ3) is 2.45. The number of carbonyl (C=O) groups is 2. The van der Waals surface area contributed by atoms with E-state index in [-0.39, 0.29) is 6.54 Å². The van der Waals surface area contributed by atoms with Gasteiger partial charge < -0.3 is 10.1 Å². The van der Waals surface area contributed by atoms with E-state index >= 15 is 0 Å². The SMILES string of the molecule is COC(=O)CNC(=O)c1nccc2ccccc12. The molecule has 0 fully saturated rings. The van der Waals surface area contributed by atoms with Gasteiger partial charge in [-0.05, 0) is 11.5 Å². The summed E-state index contributed by atoms with van der Waals surface area (Å²) in [5.41, 5.74) is 0.303. The Kier molecular flexibility index (Phi) is 3.52. The summed E-state index contributed by atoms with van der Waals surface area (Å²) in [5, 5.41) is 4.14. The molecule has 0 unspecified atom stereocenters. The maximum absolute atomic E-state index is 11.9. The lowest BCUT2D eigenvalue weighted by Crippen LogP contribution is -2.30. The highest BCUT2D eigenvalue weighted by Crippen LogP contribution is 2.15. The zero-order valence-electron chi connectivity index (χ0n) is 9.84. The van der Waals surface area contributed by atoms with Crippen molar-refractivity contribution >= 4 is 22.6 Å². The molecule has 1 aromatic heterocycles. The van der Waals surface area contributed by atoms with Gasteiger partial charge in [0.25, 0.3) is 5.91 Å². The van der Waals surface area contributed by atoms with E-state index in [1.807, 2.05) is 30.3 Å². The molecule has 0 spiro atoms. The zero-order chi connectivity index (χ0) is 13.0. The lowest BCUT2D eigenvalue weighted by molar-refractivity contribution is -0.139. The second-order valence-corrected chi connectivity index (χ2v) is 3.64. The average Bonchev–Trinajstić information content (AvgIpc) is 2.43. The summed E-state index contributed by atoms with van der Waals surface area (Å²) < 4.78 is 4.45. The van der Waals surface area contributed by atoms with E-state index < -0.39 is 11.9 Å². The molecule has 2 rings (SSSR count). The minimum absolute atomic E-state index is 0.166. The van der Waals surface area contributed by atoms with E-state index in [4.69, 9.17) is 0 Å². The van der Waals surface area contributed by atoms with E-state index in [0.29, 0.717) is 5.69 Å². The smallest absolute Gasteiger partial charge is 0.325 e. The standard InChI is InChI=1S/C13H12N2O3/c1-18-11(16)8-15-13(17)12-10-5-3-2-4-9(10)6-7-14-12/h2-7H,8H2,1H3,(H,15,17). The number of nitrogens with zero attached hydrogens (tertiary/aromatic N) is 1. The average molecular weight is 244 g/mol. The maximum atomic E-state index is 11.9. The number of fused-ring (bicyclic) bond motifs is 1. The predicted molar refractivity (Wildman–Crippen MR) is 66.1 cm³/mol. The highest BCUT2D eigenvalue weighted by Gasteiger charge is 2.12. The fraction of sp³-hybridized carbons (Fsp3) is 0.154. The third-order valence-electron chi connectivity index (χ3n) is 2.51. The molecule has 5 nitrogen and oxygen atoms in total. The Morgan fingerprint density at radius 3 is 2.83 bits per heavy atom. The fourth-order valence-corrected chi connectivity index (χ4v) is 1.61. The molecule has 0 saturated heterocycles. The number of amides is 1. The molecular weight excluding hydrogens is 232 g/mol. The van der Waals surface area contributed by atoms with Crippen molar-refractivity contribution in [2.75, 3.05) is 13.7 Å². The van der Waals surface area contributed by atoms with Crippen molar-refractivity contribution in [1.29, 1.82) is 0 Å². The van der Waals surface area contributed by atoms with Crippen LogP contribution in [0.4, 0.5) is 0 Å². The largest absolute Gasteiger partial charge is 0.468 e. The molecule has 0 bridgehead atoms. The van der Waals surface area contributed by atoms with Crippen LogP contribution in [0.5, 0.6) is 0 Å². The minimum atomic E-state index is -0.497. The quantitative estimate of drug-likeness (QED) is 0.822. The summed E-state index contributed by atoms with van der Waals surface area (Å²) in [6.45, 7) is -0.166. The molecule has 0 aliphatic carbocycles. The van der Waals surface area contributed by atoms with Crippen LogP contribution in [0.3, 0.4) is 0 Å². The van der Waals surface area contributed by atoms with Gasteiger partial charge in [0.15, 0.2) is 0 Å². The zero-order valence-corrected chi connectivity index (χ0v) is 9.84. The van der Waals surface area contributed by atoms with Crippen LogP contribution in [0.2, 0.25) is 0 Å². The number of methoxy groups -OCH3 is 1. The van der Waals surface area contributed by atoms with Gasteiger partial charge in [-0.25, -0.2) is 0 Å². The monoisotopic (exact) mass is 244 g/mol. The normalized spacial score (nSPS) is 10.1. The number of aromatic nitrogens is 1. The molecule has 1 N–H and O–H groups in total. The number of hydrogen-bond donors (Lipinski definition) is 1. The van der Waals surface area contributed by atoms with E-state index in [1.165, 1.54) is 7.11 Å². The van der Waals surface area contributed by atoms with Crippen molar-refractivity contribution in [1.82, 2.24) is 10.3 Å². The molecule has 0 atom stereocenters.